The fraction of sp³-hybridized carbons (Fsp3) is 0.632. The molecule has 6 nitrogen and oxygen atoms in total. The third-order valence-electron chi connectivity index (χ3n) is 6.70. The van der Waals surface area contributed by atoms with Gasteiger partial charge in [0, 0.05) is 31.2 Å². The highest BCUT2D eigenvalue weighted by Crippen LogP contribution is 2.48. The van der Waals surface area contributed by atoms with Gasteiger partial charge in [0.15, 0.2) is 5.65 Å². The van der Waals surface area contributed by atoms with Gasteiger partial charge >= 0.3 is 0 Å². The molecule has 6 heteroatoms. The highest BCUT2D eigenvalue weighted by Gasteiger charge is 2.50. The lowest BCUT2D eigenvalue weighted by Crippen LogP contribution is -2.49. The van der Waals surface area contributed by atoms with Crippen LogP contribution >= 0.6 is 0 Å². The number of nitrogens with zero attached hydrogens (tertiary/aromatic N) is 4. The minimum atomic E-state index is 0.0487. The average molecular weight is 339 g/mol. The van der Waals surface area contributed by atoms with Crippen LogP contribution in [0.25, 0.3) is 5.65 Å². The van der Waals surface area contributed by atoms with E-state index in [0.29, 0.717) is 17.7 Å². The minimum Gasteiger partial charge on any atom is -0.342 e. The number of nitrogens with two attached hydrogens (primary N) is 1. The molecule has 2 aromatic heterocycles. The molecular weight excluding hydrogens is 314 g/mol. The average Bonchev–Trinajstić information content (AvgIpc) is 3.35. The second kappa shape index (κ2) is 5.80. The largest absolute Gasteiger partial charge is 0.342 e. The second-order valence-corrected chi connectivity index (χ2v) is 8.05. The fourth-order valence-electron chi connectivity index (χ4n) is 5.44. The number of hydrogen-bond acceptors (Lipinski definition) is 4. The van der Waals surface area contributed by atoms with E-state index in [-0.39, 0.29) is 17.9 Å². The first kappa shape index (κ1) is 15.3. The molecular formula is C19H25N5O. The van der Waals surface area contributed by atoms with Gasteiger partial charge in [0.1, 0.15) is 5.82 Å². The number of carbonyl (C=O) groups excluding carboxylic acids is 1. The molecule has 5 unspecified atom stereocenters. The maximum Gasteiger partial charge on any atom is 0.227 e. The second-order valence-electron chi connectivity index (χ2n) is 8.05. The van der Waals surface area contributed by atoms with Crippen molar-refractivity contribution in [3.8, 4) is 0 Å². The normalized spacial score (nSPS) is 34.8. The van der Waals surface area contributed by atoms with Crippen LogP contribution in [0.2, 0.25) is 0 Å². The van der Waals surface area contributed by atoms with Gasteiger partial charge in [-0.2, -0.15) is 0 Å². The van der Waals surface area contributed by atoms with Crippen LogP contribution in [0, 0.1) is 17.8 Å². The first-order chi connectivity index (χ1) is 12.2. The van der Waals surface area contributed by atoms with Gasteiger partial charge in [-0.15, -0.1) is 10.2 Å². The van der Waals surface area contributed by atoms with Gasteiger partial charge in [-0.25, -0.2) is 0 Å². The maximum atomic E-state index is 13.2. The SMILES string of the molecule is NC1C2CCC(C2)C1C(=O)N1CCCC(c2nnc3ccccn23)C1. The van der Waals surface area contributed by atoms with Crippen molar-refractivity contribution >= 4 is 11.6 Å². The zero-order valence-corrected chi connectivity index (χ0v) is 14.4. The van der Waals surface area contributed by atoms with Gasteiger partial charge in [-0.05, 0) is 56.1 Å². The van der Waals surface area contributed by atoms with Crippen molar-refractivity contribution in [1.29, 1.82) is 0 Å². The quantitative estimate of drug-likeness (QED) is 0.905. The molecule has 1 amide bonds. The molecule has 5 rings (SSSR count). The summed E-state index contributed by atoms with van der Waals surface area (Å²) in [5, 5.41) is 8.69. The number of likely N-dealkylation sites (tertiary alicyclic amines) is 1. The number of aromatic nitrogens is 3. The summed E-state index contributed by atoms with van der Waals surface area (Å²) in [6.07, 6.45) is 7.64. The van der Waals surface area contributed by atoms with Gasteiger partial charge in [0.2, 0.25) is 5.91 Å². The number of rotatable bonds is 2. The molecule has 3 fully saturated rings. The zero-order valence-electron chi connectivity index (χ0n) is 14.4. The lowest BCUT2D eigenvalue weighted by Gasteiger charge is -2.37. The fourth-order valence-corrected chi connectivity index (χ4v) is 5.44. The lowest BCUT2D eigenvalue weighted by molar-refractivity contribution is -0.139. The summed E-state index contributed by atoms with van der Waals surface area (Å²) in [4.78, 5) is 15.2. The molecule has 2 aliphatic carbocycles. The van der Waals surface area contributed by atoms with Crippen molar-refractivity contribution < 1.29 is 4.79 Å². The van der Waals surface area contributed by atoms with Crippen LogP contribution < -0.4 is 5.73 Å². The number of carbonyl (C=O) groups is 1. The van der Waals surface area contributed by atoms with Crippen LogP contribution in [0.5, 0.6) is 0 Å². The maximum absolute atomic E-state index is 13.2. The van der Waals surface area contributed by atoms with E-state index >= 15 is 0 Å². The Bertz CT molecular complexity index is 800. The monoisotopic (exact) mass is 339 g/mol. The Morgan fingerprint density at radius 2 is 2.04 bits per heavy atom. The van der Waals surface area contributed by atoms with Crippen molar-refractivity contribution in [2.75, 3.05) is 13.1 Å². The van der Waals surface area contributed by atoms with Crippen LogP contribution in [0.1, 0.15) is 43.8 Å². The molecule has 0 radical (unpaired) electrons. The summed E-state index contributed by atoms with van der Waals surface area (Å²) >= 11 is 0. The van der Waals surface area contributed by atoms with Crippen LogP contribution in [0.3, 0.4) is 0 Å². The van der Waals surface area contributed by atoms with Gasteiger partial charge < -0.3 is 10.6 Å². The summed E-state index contributed by atoms with van der Waals surface area (Å²) in [5.74, 6) is 2.66. The predicted molar refractivity (Wildman–Crippen MR) is 93.8 cm³/mol. The molecule has 1 saturated heterocycles. The summed E-state index contributed by atoms with van der Waals surface area (Å²) in [7, 11) is 0. The molecule has 2 bridgehead atoms. The van der Waals surface area contributed by atoms with Crippen molar-refractivity contribution in [2.24, 2.45) is 23.5 Å². The van der Waals surface area contributed by atoms with Gasteiger partial charge in [0.05, 0.1) is 5.92 Å². The minimum absolute atomic E-state index is 0.0487. The first-order valence-corrected chi connectivity index (χ1v) is 9.56. The van der Waals surface area contributed by atoms with E-state index < -0.39 is 0 Å². The smallest absolute Gasteiger partial charge is 0.227 e. The summed E-state index contributed by atoms with van der Waals surface area (Å²) in [6, 6.07) is 6.01. The highest BCUT2D eigenvalue weighted by atomic mass is 16.2. The van der Waals surface area contributed by atoms with Crippen LogP contribution in [0.15, 0.2) is 24.4 Å². The van der Waals surface area contributed by atoms with E-state index in [2.05, 4.69) is 19.5 Å². The first-order valence-electron chi connectivity index (χ1n) is 9.56. The van der Waals surface area contributed by atoms with E-state index in [9.17, 15) is 4.79 Å². The van der Waals surface area contributed by atoms with Crippen molar-refractivity contribution in [3.63, 3.8) is 0 Å². The molecule has 0 aromatic carbocycles. The molecule has 2 aromatic rings. The summed E-state index contributed by atoms with van der Waals surface area (Å²) in [5.41, 5.74) is 7.27. The van der Waals surface area contributed by atoms with E-state index in [1.807, 2.05) is 24.4 Å². The van der Waals surface area contributed by atoms with Gasteiger partial charge in [-0.3, -0.25) is 9.20 Å². The Balaban J connectivity index is 1.37. The molecule has 0 spiro atoms. The summed E-state index contributed by atoms with van der Waals surface area (Å²) < 4.78 is 2.06. The third kappa shape index (κ3) is 2.38. The number of piperidine rings is 1. The van der Waals surface area contributed by atoms with Crippen molar-refractivity contribution in [3.05, 3.63) is 30.2 Å². The predicted octanol–water partition coefficient (Wildman–Crippen LogP) is 1.81. The Morgan fingerprint density at radius 3 is 2.88 bits per heavy atom. The standard InChI is InChI=1S/C19H25N5O/c20-17-13-7-6-12(10-13)16(17)19(25)23-8-3-4-14(11-23)18-22-21-15-5-1-2-9-24(15)18/h1-2,5,9,12-14,16-17H,3-4,6-8,10-11,20H2. The number of fused-ring (bicyclic) bond motifs is 3. The van der Waals surface area contributed by atoms with Crippen molar-refractivity contribution in [1.82, 2.24) is 19.5 Å². The van der Waals surface area contributed by atoms with Crippen LogP contribution in [-0.4, -0.2) is 44.5 Å². The Morgan fingerprint density at radius 1 is 1.16 bits per heavy atom. The molecule has 132 valence electrons. The van der Waals surface area contributed by atoms with E-state index in [4.69, 9.17) is 5.73 Å². The molecule has 3 heterocycles. The molecule has 2 saturated carbocycles. The molecule has 1 aliphatic heterocycles. The molecule has 5 atom stereocenters. The molecule has 25 heavy (non-hydrogen) atoms. The van der Waals surface area contributed by atoms with E-state index in [1.165, 1.54) is 12.8 Å². The topological polar surface area (TPSA) is 76.5 Å². The summed E-state index contributed by atoms with van der Waals surface area (Å²) in [6.45, 7) is 1.60. The number of pyridine rings is 1. The molecule has 3 aliphatic rings. The Kier molecular flexibility index (Phi) is 3.55. The van der Waals surface area contributed by atoms with E-state index in [0.717, 1.165) is 43.8 Å². The van der Waals surface area contributed by atoms with Gasteiger partial charge in [-0.1, -0.05) is 6.07 Å². The van der Waals surface area contributed by atoms with Gasteiger partial charge in [0.25, 0.3) is 0 Å². The number of hydrogen-bond donors (Lipinski definition) is 1. The highest BCUT2D eigenvalue weighted by molar-refractivity contribution is 5.80. The van der Waals surface area contributed by atoms with Crippen LogP contribution in [-0.2, 0) is 4.79 Å². The lowest BCUT2D eigenvalue weighted by atomic mass is 9.83. The van der Waals surface area contributed by atoms with E-state index in [1.54, 1.807) is 0 Å². The Labute approximate surface area is 147 Å². The molecule has 2 N–H and O–H groups in total. The third-order valence-corrected chi connectivity index (χ3v) is 6.70. The van der Waals surface area contributed by atoms with Crippen LogP contribution in [0.4, 0.5) is 0 Å². The zero-order chi connectivity index (χ0) is 17.0. The van der Waals surface area contributed by atoms with Crippen molar-refractivity contribution in [2.45, 2.75) is 44.1 Å². The number of amides is 1. The Hall–Kier alpha value is -1.95.